The Kier molecular flexibility index (Phi) is 6.40. The third-order valence-electron chi connectivity index (χ3n) is 11.0. The summed E-state index contributed by atoms with van der Waals surface area (Å²) in [5, 5.41) is 43.9. The van der Waals surface area contributed by atoms with Crippen LogP contribution in [0.4, 0.5) is 0 Å². The highest BCUT2D eigenvalue weighted by Crippen LogP contribution is 2.69. The number of fused-ring (bicyclic) bond motifs is 5. The third kappa shape index (κ3) is 3.52. The Hall–Kier alpha value is -0.490. The summed E-state index contributed by atoms with van der Waals surface area (Å²) in [6.45, 7) is 10.9. The van der Waals surface area contributed by atoms with E-state index in [0.717, 1.165) is 32.1 Å². The van der Waals surface area contributed by atoms with Crippen LogP contribution in [0.1, 0.15) is 92.4 Å². The number of carbonyl (C=O) groups is 1. The zero-order valence-corrected chi connectivity index (χ0v) is 20.8. The van der Waals surface area contributed by atoms with Crippen molar-refractivity contribution in [2.45, 2.75) is 116 Å². The van der Waals surface area contributed by atoms with E-state index >= 15 is 0 Å². The van der Waals surface area contributed by atoms with Crippen LogP contribution in [-0.4, -0.2) is 50.1 Å². The molecule has 11 atom stereocenters. The summed E-state index contributed by atoms with van der Waals surface area (Å²) in [6.07, 6.45) is 4.42. The van der Waals surface area contributed by atoms with Crippen LogP contribution in [0.15, 0.2) is 0 Å². The van der Waals surface area contributed by atoms with Crippen LogP contribution in [0.3, 0.4) is 0 Å². The van der Waals surface area contributed by atoms with E-state index in [4.69, 9.17) is 0 Å². The molecule has 4 aliphatic rings. The van der Waals surface area contributed by atoms with Gasteiger partial charge in [0, 0.05) is 12.3 Å². The summed E-state index contributed by atoms with van der Waals surface area (Å²) >= 11 is 0. The van der Waals surface area contributed by atoms with Gasteiger partial charge < -0.3 is 20.4 Å². The van der Waals surface area contributed by atoms with Gasteiger partial charge in [0.2, 0.25) is 0 Å². The van der Waals surface area contributed by atoms with Crippen molar-refractivity contribution in [3.63, 3.8) is 0 Å². The molecule has 0 unspecified atom stereocenters. The summed E-state index contributed by atoms with van der Waals surface area (Å²) in [4.78, 5) is 13.3. The Morgan fingerprint density at radius 2 is 1.69 bits per heavy atom. The van der Waals surface area contributed by atoms with Crippen molar-refractivity contribution >= 4 is 5.78 Å². The molecule has 0 saturated heterocycles. The number of aliphatic hydroxyl groups is 4. The minimum Gasteiger partial charge on any atom is -0.393 e. The molecular weight excluding hydrogens is 404 g/mol. The SMILES string of the molecule is CC(C)CC[C@@H](O)[C@@H](C)[C@H]1CC[C@@]2(O)[C@@H]3CC(=O)[C@@H]4C[C@@H](O)[C@@H](O)C[C@]4(C)[C@@H]3CC[C@]12C. The summed E-state index contributed by atoms with van der Waals surface area (Å²) in [7, 11) is 0. The van der Waals surface area contributed by atoms with Gasteiger partial charge in [-0.3, -0.25) is 4.79 Å². The molecule has 0 aromatic carbocycles. The van der Waals surface area contributed by atoms with Gasteiger partial charge >= 0.3 is 0 Å². The maximum absolute atomic E-state index is 13.3. The van der Waals surface area contributed by atoms with E-state index in [1.54, 1.807) is 0 Å². The Morgan fingerprint density at radius 3 is 2.34 bits per heavy atom. The van der Waals surface area contributed by atoms with Gasteiger partial charge in [-0.25, -0.2) is 0 Å². The minimum absolute atomic E-state index is 0.0950. The normalized spacial score (nSPS) is 50.5. The van der Waals surface area contributed by atoms with Crippen molar-refractivity contribution in [2.75, 3.05) is 0 Å². The lowest BCUT2D eigenvalue weighted by Gasteiger charge is -2.63. The fraction of sp³-hybridized carbons (Fsp3) is 0.963. The molecule has 4 saturated carbocycles. The quantitative estimate of drug-likeness (QED) is 0.512. The van der Waals surface area contributed by atoms with E-state index in [2.05, 4.69) is 34.6 Å². The highest BCUT2D eigenvalue weighted by atomic mass is 16.3. The van der Waals surface area contributed by atoms with Crippen LogP contribution in [0.5, 0.6) is 0 Å². The minimum atomic E-state index is -0.905. The van der Waals surface area contributed by atoms with E-state index in [9.17, 15) is 25.2 Å². The van der Waals surface area contributed by atoms with E-state index in [-0.39, 0.29) is 52.3 Å². The van der Waals surface area contributed by atoms with Crippen LogP contribution >= 0.6 is 0 Å². The maximum atomic E-state index is 13.3. The zero-order valence-electron chi connectivity index (χ0n) is 20.8. The van der Waals surface area contributed by atoms with Crippen LogP contribution in [0, 0.1) is 46.3 Å². The Balaban J connectivity index is 1.60. The molecule has 0 spiro atoms. The van der Waals surface area contributed by atoms with Crippen LogP contribution in [0.2, 0.25) is 0 Å². The van der Waals surface area contributed by atoms with Crippen molar-refractivity contribution in [3.05, 3.63) is 0 Å². The number of rotatable bonds is 5. The average Bonchev–Trinajstić information content (AvgIpc) is 2.99. The summed E-state index contributed by atoms with van der Waals surface area (Å²) in [6, 6.07) is 0. The number of carbonyl (C=O) groups excluding carboxylic acids is 1. The van der Waals surface area contributed by atoms with Gasteiger partial charge in [0.05, 0.1) is 23.9 Å². The summed E-state index contributed by atoms with van der Waals surface area (Å²) in [5.74, 6) is 0.964. The Morgan fingerprint density at radius 1 is 1.00 bits per heavy atom. The number of aliphatic hydroxyl groups excluding tert-OH is 3. The molecule has 0 amide bonds. The number of Topliss-reactive ketones (excluding diaryl/α,β-unsaturated/α-hetero) is 1. The number of hydrogen-bond donors (Lipinski definition) is 4. The van der Waals surface area contributed by atoms with E-state index in [1.807, 2.05) is 0 Å². The van der Waals surface area contributed by atoms with Gasteiger partial charge in [0.15, 0.2) is 0 Å². The van der Waals surface area contributed by atoms with E-state index < -0.39 is 17.8 Å². The van der Waals surface area contributed by atoms with Crippen LogP contribution in [0.25, 0.3) is 0 Å². The van der Waals surface area contributed by atoms with Crippen molar-refractivity contribution in [2.24, 2.45) is 46.3 Å². The second-order valence-corrected chi connectivity index (χ2v) is 12.9. The van der Waals surface area contributed by atoms with Gasteiger partial charge in [0.25, 0.3) is 0 Å². The van der Waals surface area contributed by atoms with Crippen molar-refractivity contribution in [1.82, 2.24) is 0 Å². The first-order chi connectivity index (χ1) is 14.8. The fourth-order valence-electron chi connectivity index (χ4n) is 8.94. The molecular formula is C27H46O5. The van der Waals surface area contributed by atoms with Gasteiger partial charge in [0.1, 0.15) is 5.78 Å². The van der Waals surface area contributed by atoms with Crippen molar-refractivity contribution in [3.8, 4) is 0 Å². The monoisotopic (exact) mass is 450 g/mol. The van der Waals surface area contributed by atoms with E-state index in [1.165, 1.54) is 0 Å². The number of hydrogen-bond acceptors (Lipinski definition) is 5. The van der Waals surface area contributed by atoms with E-state index in [0.29, 0.717) is 31.6 Å². The standard InChI is InChI=1S/C27H46O5/c1-15(2)6-7-21(28)16(3)17-9-11-27(32)19-12-22(29)20-13-23(30)24(31)14-25(20,4)18(19)8-10-26(17,27)5/h15-21,23-24,28,30-32H,6-14H2,1-5H3/t16-,17+,18+,19+,20-,21+,23+,24-,25+,26+,27+/m0/s1. The van der Waals surface area contributed by atoms with Crippen LogP contribution < -0.4 is 0 Å². The highest BCUT2D eigenvalue weighted by Gasteiger charge is 2.69. The molecule has 0 heterocycles. The fourth-order valence-corrected chi connectivity index (χ4v) is 8.94. The van der Waals surface area contributed by atoms with Gasteiger partial charge in [-0.15, -0.1) is 0 Å². The molecule has 32 heavy (non-hydrogen) atoms. The second-order valence-electron chi connectivity index (χ2n) is 12.9. The second kappa shape index (κ2) is 8.32. The third-order valence-corrected chi connectivity index (χ3v) is 11.0. The van der Waals surface area contributed by atoms with Gasteiger partial charge in [-0.1, -0.05) is 34.6 Å². The lowest BCUT2D eigenvalue weighted by molar-refractivity contribution is -0.220. The molecule has 0 bridgehead atoms. The molecule has 0 aliphatic heterocycles. The molecule has 0 aromatic heterocycles. The summed E-state index contributed by atoms with van der Waals surface area (Å²) < 4.78 is 0. The lowest BCUT2D eigenvalue weighted by atomic mass is 9.42. The van der Waals surface area contributed by atoms with Crippen LogP contribution in [-0.2, 0) is 4.79 Å². The smallest absolute Gasteiger partial charge is 0.137 e. The molecule has 0 radical (unpaired) electrons. The lowest BCUT2D eigenvalue weighted by Crippen LogP contribution is -2.65. The maximum Gasteiger partial charge on any atom is 0.137 e. The molecule has 184 valence electrons. The van der Waals surface area contributed by atoms with Crippen molar-refractivity contribution < 1.29 is 25.2 Å². The average molecular weight is 451 g/mol. The molecule has 5 nitrogen and oxygen atoms in total. The molecule has 4 N–H and O–H groups in total. The molecule has 4 rings (SSSR count). The zero-order chi connectivity index (χ0) is 23.6. The van der Waals surface area contributed by atoms with Gasteiger partial charge in [-0.2, -0.15) is 0 Å². The molecule has 0 aromatic rings. The first-order valence-corrected chi connectivity index (χ1v) is 13.1. The van der Waals surface area contributed by atoms with Gasteiger partial charge in [-0.05, 0) is 91.8 Å². The predicted molar refractivity (Wildman–Crippen MR) is 124 cm³/mol. The predicted octanol–water partition coefficient (Wildman–Crippen LogP) is 3.70. The van der Waals surface area contributed by atoms with Crippen molar-refractivity contribution in [1.29, 1.82) is 0 Å². The number of ketones is 1. The first-order valence-electron chi connectivity index (χ1n) is 13.1. The molecule has 4 fully saturated rings. The first kappa shape index (κ1) is 24.6. The Bertz CT molecular complexity index is 723. The molecule has 5 heteroatoms. The highest BCUT2D eigenvalue weighted by molar-refractivity contribution is 5.83. The molecule has 4 aliphatic carbocycles. The summed E-state index contributed by atoms with van der Waals surface area (Å²) in [5.41, 5.74) is -1.57. The Labute approximate surface area is 194 Å². The largest absolute Gasteiger partial charge is 0.393 e. The topological polar surface area (TPSA) is 98.0 Å².